The average Bonchev–Trinajstić information content (AvgIpc) is 3.66. The van der Waals surface area contributed by atoms with Crippen molar-refractivity contribution >= 4 is 39.0 Å². The van der Waals surface area contributed by atoms with Gasteiger partial charge in [-0.2, -0.15) is 0 Å². The lowest BCUT2D eigenvalue weighted by atomic mass is 9.91. The summed E-state index contributed by atoms with van der Waals surface area (Å²) in [6, 6.07) is 80.1. The lowest BCUT2D eigenvalue weighted by molar-refractivity contribution is 0.669. The first-order chi connectivity index (χ1) is 27.8. The van der Waals surface area contributed by atoms with Gasteiger partial charge in [0.25, 0.3) is 0 Å². The summed E-state index contributed by atoms with van der Waals surface area (Å²) in [6.45, 7) is 0. The fourth-order valence-corrected chi connectivity index (χ4v) is 8.05. The van der Waals surface area contributed by atoms with Crippen LogP contribution in [0.25, 0.3) is 77.6 Å². The highest BCUT2D eigenvalue weighted by Crippen LogP contribution is 2.47. The average molecular weight is 716 g/mol. The van der Waals surface area contributed by atoms with Crippen LogP contribution in [0.15, 0.2) is 229 Å². The second-order valence-corrected chi connectivity index (χ2v) is 14.1. The van der Waals surface area contributed by atoms with Gasteiger partial charge in [-0.1, -0.05) is 176 Å². The monoisotopic (exact) mass is 715 g/mol. The number of nitrogens with zero attached hydrogens (tertiary/aromatic N) is 1. The van der Waals surface area contributed by atoms with Gasteiger partial charge in [0.05, 0.1) is 5.69 Å². The van der Waals surface area contributed by atoms with E-state index in [1.807, 2.05) is 12.1 Å². The van der Waals surface area contributed by atoms with Crippen molar-refractivity contribution in [1.29, 1.82) is 0 Å². The second kappa shape index (κ2) is 14.4. The summed E-state index contributed by atoms with van der Waals surface area (Å²) in [6.07, 6.45) is 0. The first-order valence-electron chi connectivity index (χ1n) is 19.1. The molecule has 0 radical (unpaired) electrons. The molecule has 0 atom stereocenters. The molecule has 1 heterocycles. The molecule has 264 valence electrons. The van der Waals surface area contributed by atoms with Crippen LogP contribution in [0.5, 0.6) is 0 Å². The molecule has 2 heteroatoms. The molecule has 0 saturated heterocycles. The van der Waals surface area contributed by atoms with Crippen LogP contribution in [0.4, 0.5) is 17.1 Å². The van der Waals surface area contributed by atoms with Crippen LogP contribution in [-0.4, -0.2) is 0 Å². The van der Waals surface area contributed by atoms with E-state index in [1.54, 1.807) is 0 Å². The fraction of sp³-hybridized carbons (Fsp3) is 0. The minimum absolute atomic E-state index is 0.872. The highest BCUT2D eigenvalue weighted by atomic mass is 16.3. The third kappa shape index (κ3) is 6.14. The van der Waals surface area contributed by atoms with Gasteiger partial charge in [0.15, 0.2) is 0 Å². The summed E-state index contributed by atoms with van der Waals surface area (Å²) in [7, 11) is 0. The Labute approximate surface area is 327 Å². The third-order valence-corrected chi connectivity index (χ3v) is 10.7. The normalized spacial score (nSPS) is 11.2. The molecule has 0 bridgehead atoms. The molecule has 0 aliphatic heterocycles. The van der Waals surface area contributed by atoms with Gasteiger partial charge in [0.2, 0.25) is 0 Å². The van der Waals surface area contributed by atoms with E-state index < -0.39 is 0 Å². The molecule has 0 fully saturated rings. The van der Waals surface area contributed by atoms with E-state index in [0.29, 0.717) is 0 Å². The van der Waals surface area contributed by atoms with Crippen LogP contribution < -0.4 is 4.90 Å². The lowest BCUT2D eigenvalue weighted by Gasteiger charge is -2.30. The molecule has 0 N–H and O–H groups in total. The van der Waals surface area contributed by atoms with Gasteiger partial charge >= 0.3 is 0 Å². The molecular weight excluding hydrogens is 679 g/mol. The molecule has 0 spiro atoms. The van der Waals surface area contributed by atoms with E-state index in [-0.39, 0.29) is 0 Å². The van der Waals surface area contributed by atoms with Crippen molar-refractivity contribution in [2.24, 2.45) is 0 Å². The Bertz CT molecular complexity index is 2950. The molecule has 1 aromatic heterocycles. The molecular formula is C54H37NO. The molecule has 0 aliphatic carbocycles. The summed E-state index contributed by atoms with van der Waals surface area (Å²) in [5, 5.41) is 2.24. The second-order valence-electron chi connectivity index (χ2n) is 14.1. The SMILES string of the molecule is c1ccc(-c2cccc(N(c3ccc(-c4ccccc4-c4ccccc4)cc3)c3cccc(-c4ccccc4)c3-c3ccc4c(c3)oc3ccccc34)c2)cc1. The van der Waals surface area contributed by atoms with Crippen molar-refractivity contribution in [2.45, 2.75) is 0 Å². The number of hydrogen-bond acceptors (Lipinski definition) is 2. The number of fused-ring (bicyclic) bond motifs is 3. The number of para-hydroxylation sites is 1. The van der Waals surface area contributed by atoms with Gasteiger partial charge in [-0.25, -0.2) is 0 Å². The van der Waals surface area contributed by atoms with Crippen LogP contribution in [0, 0.1) is 0 Å². The largest absolute Gasteiger partial charge is 0.456 e. The lowest BCUT2D eigenvalue weighted by Crippen LogP contribution is -2.12. The summed E-state index contributed by atoms with van der Waals surface area (Å²) in [5.74, 6) is 0. The standard InChI is InChI=1S/C54H37NO/c1-4-16-38(17-5-1)42-22-14-23-45(36-42)55(44-33-30-41(31-34-44)47-25-11-10-24-46(47)39-18-6-2-7-19-39)51-28-15-27-48(40-20-8-3-9-21-40)54(51)43-32-35-50-49-26-12-13-29-52(49)56-53(50)37-43/h1-37H. The fourth-order valence-electron chi connectivity index (χ4n) is 8.05. The Hall–Kier alpha value is -7.42. The topological polar surface area (TPSA) is 16.4 Å². The molecule has 56 heavy (non-hydrogen) atoms. The molecule has 10 rings (SSSR count). The maximum atomic E-state index is 6.48. The van der Waals surface area contributed by atoms with Gasteiger partial charge in [-0.3, -0.25) is 0 Å². The van der Waals surface area contributed by atoms with Crippen LogP contribution in [0.3, 0.4) is 0 Å². The van der Waals surface area contributed by atoms with E-state index in [1.165, 1.54) is 27.8 Å². The van der Waals surface area contributed by atoms with E-state index in [0.717, 1.165) is 66.8 Å². The molecule has 0 unspecified atom stereocenters. The van der Waals surface area contributed by atoms with Crippen molar-refractivity contribution < 1.29 is 4.42 Å². The Balaban J connectivity index is 1.19. The summed E-state index contributed by atoms with van der Waals surface area (Å²) in [5.41, 5.74) is 16.6. The quantitative estimate of drug-likeness (QED) is 0.156. The van der Waals surface area contributed by atoms with Crippen molar-refractivity contribution in [3.63, 3.8) is 0 Å². The molecule has 9 aromatic carbocycles. The summed E-state index contributed by atoms with van der Waals surface area (Å²) >= 11 is 0. The predicted octanol–water partition coefficient (Wildman–Crippen LogP) is 15.4. The van der Waals surface area contributed by atoms with Crippen molar-refractivity contribution in [3.8, 4) is 55.6 Å². The van der Waals surface area contributed by atoms with Gasteiger partial charge in [-0.05, 0) is 98.6 Å². The van der Waals surface area contributed by atoms with E-state index in [9.17, 15) is 0 Å². The predicted molar refractivity (Wildman–Crippen MR) is 236 cm³/mol. The maximum Gasteiger partial charge on any atom is 0.136 e. The van der Waals surface area contributed by atoms with Gasteiger partial charge in [0, 0.05) is 27.7 Å². The maximum absolute atomic E-state index is 6.48. The van der Waals surface area contributed by atoms with Crippen LogP contribution in [-0.2, 0) is 0 Å². The molecule has 2 nitrogen and oxygen atoms in total. The van der Waals surface area contributed by atoms with Crippen LogP contribution >= 0.6 is 0 Å². The zero-order chi connectivity index (χ0) is 37.3. The number of hydrogen-bond donors (Lipinski definition) is 0. The zero-order valence-electron chi connectivity index (χ0n) is 30.7. The first-order valence-corrected chi connectivity index (χ1v) is 19.1. The molecule has 0 aliphatic rings. The Morgan fingerprint density at radius 2 is 0.804 bits per heavy atom. The smallest absolute Gasteiger partial charge is 0.136 e. The minimum Gasteiger partial charge on any atom is -0.456 e. The van der Waals surface area contributed by atoms with Crippen molar-refractivity contribution in [1.82, 2.24) is 0 Å². The Morgan fingerprint density at radius 3 is 1.52 bits per heavy atom. The highest BCUT2D eigenvalue weighted by Gasteiger charge is 2.22. The van der Waals surface area contributed by atoms with E-state index in [2.05, 4.69) is 217 Å². The third-order valence-electron chi connectivity index (χ3n) is 10.7. The van der Waals surface area contributed by atoms with Gasteiger partial charge < -0.3 is 9.32 Å². The Morgan fingerprint density at radius 1 is 0.286 bits per heavy atom. The van der Waals surface area contributed by atoms with Crippen molar-refractivity contribution in [3.05, 3.63) is 224 Å². The van der Waals surface area contributed by atoms with Crippen molar-refractivity contribution in [2.75, 3.05) is 4.90 Å². The zero-order valence-corrected chi connectivity index (χ0v) is 30.7. The number of benzene rings is 9. The molecule has 10 aromatic rings. The number of rotatable bonds is 8. The van der Waals surface area contributed by atoms with Crippen LogP contribution in [0.1, 0.15) is 0 Å². The first kappa shape index (κ1) is 33.2. The number of anilines is 3. The van der Waals surface area contributed by atoms with Gasteiger partial charge in [-0.15, -0.1) is 0 Å². The summed E-state index contributed by atoms with van der Waals surface area (Å²) in [4.78, 5) is 2.41. The highest BCUT2D eigenvalue weighted by molar-refractivity contribution is 6.07. The van der Waals surface area contributed by atoms with E-state index in [4.69, 9.17) is 4.42 Å². The minimum atomic E-state index is 0.872. The summed E-state index contributed by atoms with van der Waals surface area (Å²) < 4.78 is 6.48. The molecule has 0 saturated carbocycles. The van der Waals surface area contributed by atoms with E-state index >= 15 is 0 Å². The van der Waals surface area contributed by atoms with Gasteiger partial charge in [0.1, 0.15) is 11.2 Å². The number of furan rings is 1. The molecule has 0 amide bonds. The van der Waals surface area contributed by atoms with Crippen LogP contribution in [0.2, 0.25) is 0 Å². The Kier molecular flexibility index (Phi) is 8.55.